The second kappa shape index (κ2) is 11.2. The second-order valence-electron chi connectivity index (χ2n) is 10.6. The number of fused-ring (bicyclic) bond motifs is 1. The van der Waals surface area contributed by atoms with Crippen LogP contribution in [0.15, 0.2) is 23.1 Å². The number of carboxylic acids is 1. The van der Waals surface area contributed by atoms with Crippen molar-refractivity contribution in [3.8, 4) is 0 Å². The van der Waals surface area contributed by atoms with Crippen LogP contribution in [0.25, 0.3) is 10.9 Å². The van der Waals surface area contributed by atoms with E-state index in [1.54, 1.807) is 17.6 Å². The number of hydrogen-bond acceptors (Lipinski definition) is 6. The third kappa shape index (κ3) is 6.48. The molecule has 10 heteroatoms. The van der Waals surface area contributed by atoms with Crippen molar-refractivity contribution in [3.63, 3.8) is 0 Å². The largest absolute Gasteiger partial charge is 0.481 e. The summed E-state index contributed by atoms with van der Waals surface area (Å²) in [6, 6.07) is 2.18. The normalized spacial score (nSPS) is 19.5. The zero-order chi connectivity index (χ0) is 26.7. The summed E-state index contributed by atoms with van der Waals surface area (Å²) in [7, 11) is 0. The topological polar surface area (TPSA) is 119 Å². The Bertz CT molecular complexity index is 1210. The van der Waals surface area contributed by atoms with Crippen LogP contribution >= 0.6 is 0 Å². The number of halogens is 1. The molecule has 9 nitrogen and oxygen atoms in total. The molecular formula is C27H36FN3O6. The van der Waals surface area contributed by atoms with Crippen molar-refractivity contribution >= 4 is 28.5 Å². The summed E-state index contributed by atoms with van der Waals surface area (Å²) in [4.78, 5) is 37.3. The van der Waals surface area contributed by atoms with E-state index in [0.717, 1.165) is 25.7 Å². The minimum absolute atomic E-state index is 0.0855. The summed E-state index contributed by atoms with van der Waals surface area (Å²) >= 11 is 0. The number of carboxylic acid groups (broad SMARTS) is 1. The summed E-state index contributed by atoms with van der Waals surface area (Å²) in [6.45, 7) is 5.86. The fourth-order valence-electron chi connectivity index (χ4n) is 4.97. The first kappa shape index (κ1) is 27.1. The Balaban J connectivity index is 1.73. The van der Waals surface area contributed by atoms with E-state index in [2.05, 4.69) is 10.6 Å². The second-order valence-corrected chi connectivity index (χ2v) is 10.6. The van der Waals surface area contributed by atoms with Gasteiger partial charge in [0, 0.05) is 30.1 Å². The number of rotatable bonds is 8. The fourth-order valence-corrected chi connectivity index (χ4v) is 4.97. The van der Waals surface area contributed by atoms with Gasteiger partial charge in [-0.3, -0.25) is 14.4 Å². The minimum Gasteiger partial charge on any atom is -0.481 e. The average molecular weight is 518 g/mol. The lowest BCUT2D eigenvalue weighted by Crippen LogP contribution is -2.41. The van der Waals surface area contributed by atoms with Gasteiger partial charge >= 0.3 is 5.97 Å². The third-order valence-electron chi connectivity index (χ3n) is 7.14. The molecule has 1 atom stereocenters. The number of benzene rings is 1. The number of aromatic nitrogens is 1. The Hall–Kier alpha value is -2.98. The highest BCUT2D eigenvalue weighted by molar-refractivity contribution is 5.98. The van der Waals surface area contributed by atoms with E-state index < -0.39 is 35.0 Å². The van der Waals surface area contributed by atoms with Gasteiger partial charge < -0.3 is 29.8 Å². The number of aliphatic carboxylic acids is 1. The Kier molecular flexibility index (Phi) is 8.18. The lowest BCUT2D eigenvalue weighted by Gasteiger charge is -2.36. The van der Waals surface area contributed by atoms with Crippen LogP contribution < -0.4 is 16.1 Å². The van der Waals surface area contributed by atoms with Crippen molar-refractivity contribution in [2.45, 2.75) is 89.6 Å². The number of ether oxygens (including phenoxy) is 2. The van der Waals surface area contributed by atoms with Crippen LogP contribution in [0.5, 0.6) is 0 Å². The van der Waals surface area contributed by atoms with Gasteiger partial charge in [0.1, 0.15) is 11.4 Å². The van der Waals surface area contributed by atoms with E-state index in [1.165, 1.54) is 18.7 Å². The first-order chi connectivity index (χ1) is 17.5. The van der Waals surface area contributed by atoms with Crippen LogP contribution in [0.1, 0.15) is 82.1 Å². The molecule has 2 aromatic rings. The molecule has 0 radical (unpaired) electrons. The Morgan fingerprint density at radius 3 is 2.51 bits per heavy atom. The molecule has 0 spiro atoms. The fraction of sp³-hybridized carbons (Fsp3) is 0.593. The van der Waals surface area contributed by atoms with Gasteiger partial charge in [-0.25, -0.2) is 4.39 Å². The Morgan fingerprint density at radius 2 is 1.86 bits per heavy atom. The molecule has 4 rings (SSSR count). The molecule has 2 heterocycles. The molecule has 1 amide bonds. The molecule has 1 aromatic heterocycles. The zero-order valence-electron chi connectivity index (χ0n) is 21.6. The van der Waals surface area contributed by atoms with Crippen LogP contribution in [0.4, 0.5) is 10.1 Å². The maximum absolute atomic E-state index is 15.2. The number of pyridine rings is 1. The van der Waals surface area contributed by atoms with E-state index in [4.69, 9.17) is 14.6 Å². The van der Waals surface area contributed by atoms with Crippen LogP contribution in [0, 0.1) is 5.82 Å². The van der Waals surface area contributed by atoms with Gasteiger partial charge in [-0.15, -0.1) is 0 Å². The van der Waals surface area contributed by atoms with E-state index in [0.29, 0.717) is 11.2 Å². The van der Waals surface area contributed by atoms with Crippen LogP contribution in [0.3, 0.4) is 0 Å². The summed E-state index contributed by atoms with van der Waals surface area (Å²) in [6.07, 6.45) is 6.86. The average Bonchev–Trinajstić information content (AvgIpc) is 2.85. The smallest absolute Gasteiger partial charge is 0.303 e. The van der Waals surface area contributed by atoms with Crippen molar-refractivity contribution < 1.29 is 28.6 Å². The lowest BCUT2D eigenvalue weighted by atomic mass is 9.95. The minimum atomic E-state index is -0.970. The Labute approximate surface area is 215 Å². The van der Waals surface area contributed by atoms with E-state index in [9.17, 15) is 14.4 Å². The number of amides is 1. The third-order valence-corrected chi connectivity index (χ3v) is 7.14. The molecule has 1 saturated carbocycles. The van der Waals surface area contributed by atoms with Gasteiger partial charge in [-0.2, -0.15) is 0 Å². The number of nitrogens with zero attached hydrogens (tertiary/aromatic N) is 1. The number of anilines is 1. The molecule has 1 saturated heterocycles. The van der Waals surface area contributed by atoms with Crippen molar-refractivity contribution in [2.24, 2.45) is 0 Å². The number of carbonyl (C=O) groups excluding carboxylic acids is 1. The van der Waals surface area contributed by atoms with Crippen LogP contribution in [-0.4, -0.2) is 52.6 Å². The van der Waals surface area contributed by atoms with Gasteiger partial charge in [0.25, 0.3) is 5.91 Å². The molecule has 2 fully saturated rings. The highest BCUT2D eigenvalue weighted by Crippen LogP contribution is 2.30. The van der Waals surface area contributed by atoms with E-state index in [1.807, 2.05) is 13.8 Å². The van der Waals surface area contributed by atoms with Gasteiger partial charge in [-0.1, -0.05) is 19.3 Å². The monoisotopic (exact) mass is 517 g/mol. The zero-order valence-corrected chi connectivity index (χ0v) is 21.6. The maximum atomic E-state index is 15.2. The van der Waals surface area contributed by atoms with Gasteiger partial charge in [-0.05, 0) is 52.2 Å². The lowest BCUT2D eigenvalue weighted by molar-refractivity contribution is -0.258. The molecule has 202 valence electrons. The summed E-state index contributed by atoms with van der Waals surface area (Å²) < 4.78 is 28.7. The van der Waals surface area contributed by atoms with Gasteiger partial charge in [0.15, 0.2) is 5.79 Å². The highest BCUT2D eigenvalue weighted by Gasteiger charge is 2.31. The molecule has 0 unspecified atom stereocenters. The van der Waals surface area contributed by atoms with Crippen molar-refractivity contribution in [1.82, 2.24) is 9.88 Å². The first-order valence-corrected chi connectivity index (χ1v) is 13.0. The summed E-state index contributed by atoms with van der Waals surface area (Å²) in [5.74, 6) is -2.92. The highest BCUT2D eigenvalue weighted by atomic mass is 19.1. The standard InChI is InChI=1S/C27H36FN3O6/c1-16(9-10-24(32)33)29-26(35)20-13-31(18-14-36-27(2,3)37-15-18)23-12-22(21(28)11-19(23)25(20)34)30-17-7-5-4-6-8-17/h11-13,16-18,30H,4-10,14-15H2,1-3H3,(H,29,35)(H,32,33)/t16-/m1/s1. The SMILES string of the molecule is C[C@H](CCC(=O)O)NC(=O)c1cn(C2COC(C)(C)OC2)c2cc(NC3CCCCC3)c(F)cc2c1=O. The predicted molar refractivity (Wildman–Crippen MR) is 137 cm³/mol. The predicted octanol–water partition coefficient (Wildman–Crippen LogP) is 4.19. The van der Waals surface area contributed by atoms with Crippen LogP contribution in [0.2, 0.25) is 0 Å². The maximum Gasteiger partial charge on any atom is 0.303 e. The molecule has 1 aliphatic carbocycles. The van der Waals surface area contributed by atoms with Crippen molar-refractivity contribution in [3.05, 3.63) is 39.9 Å². The summed E-state index contributed by atoms with van der Waals surface area (Å²) in [5.41, 5.74) is 0.0734. The first-order valence-electron chi connectivity index (χ1n) is 13.0. The van der Waals surface area contributed by atoms with E-state index in [-0.39, 0.29) is 49.1 Å². The quantitative estimate of drug-likeness (QED) is 0.480. The number of carbonyl (C=O) groups is 2. The number of nitrogens with one attached hydrogen (secondary N) is 2. The summed E-state index contributed by atoms with van der Waals surface area (Å²) in [5, 5.41) is 15.0. The molecule has 2 aliphatic rings. The van der Waals surface area contributed by atoms with Crippen molar-refractivity contribution in [2.75, 3.05) is 18.5 Å². The number of hydrogen-bond donors (Lipinski definition) is 3. The van der Waals surface area contributed by atoms with Crippen molar-refractivity contribution in [1.29, 1.82) is 0 Å². The Morgan fingerprint density at radius 1 is 1.19 bits per heavy atom. The van der Waals surface area contributed by atoms with Gasteiger partial charge in [0.2, 0.25) is 5.43 Å². The van der Waals surface area contributed by atoms with Gasteiger partial charge in [0.05, 0.1) is 30.5 Å². The van der Waals surface area contributed by atoms with Crippen LogP contribution in [-0.2, 0) is 14.3 Å². The molecular weight excluding hydrogens is 481 g/mol. The van der Waals surface area contributed by atoms with E-state index >= 15 is 4.39 Å². The molecule has 0 bridgehead atoms. The molecule has 1 aromatic carbocycles. The molecule has 3 N–H and O–H groups in total. The molecule has 1 aliphatic heterocycles. The molecule has 37 heavy (non-hydrogen) atoms.